The third-order valence-corrected chi connectivity index (χ3v) is 1.88. The molecule has 0 fully saturated rings. The monoisotopic (exact) mass is 217 g/mol. The lowest BCUT2D eigenvalue weighted by Gasteiger charge is -2.08. The summed E-state index contributed by atoms with van der Waals surface area (Å²) in [5, 5.41) is 11.8. The molecule has 0 bridgehead atoms. The van der Waals surface area contributed by atoms with E-state index >= 15 is 0 Å². The highest BCUT2D eigenvalue weighted by Crippen LogP contribution is 1.95. The Bertz CT molecular complexity index is 169. The van der Waals surface area contributed by atoms with Crippen LogP contribution in [0.4, 0.5) is 0 Å². The first kappa shape index (κ1) is 14.4. The van der Waals surface area contributed by atoms with Gasteiger partial charge in [-0.15, -0.1) is 0 Å². The molecule has 0 saturated heterocycles. The molecule has 0 aliphatic carbocycles. The highest BCUT2D eigenvalue weighted by Gasteiger charge is 2.03. The summed E-state index contributed by atoms with van der Waals surface area (Å²) in [6.07, 6.45) is 1.59. The van der Waals surface area contributed by atoms with Crippen LogP contribution < -0.4 is 5.32 Å². The minimum atomic E-state index is -0.403. The zero-order chi connectivity index (χ0) is 11.7. The summed E-state index contributed by atoms with van der Waals surface area (Å²) in [7, 11) is 0. The Labute approximate surface area is 92.0 Å². The molecule has 0 heterocycles. The fraction of sp³-hybridized carbons (Fsp3) is 0.909. The van der Waals surface area contributed by atoms with E-state index in [4.69, 9.17) is 9.84 Å². The van der Waals surface area contributed by atoms with Gasteiger partial charge in [-0.1, -0.05) is 0 Å². The van der Waals surface area contributed by atoms with Crippen molar-refractivity contribution in [3.8, 4) is 0 Å². The van der Waals surface area contributed by atoms with Crippen LogP contribution in [0.1, 0.15) is 40.0 Å². The van der Waals surface area contributed by atoms with Crippen LogP contribution in [-0.2, 0) is 9.53 Å². The number of amides is 1. The predicted molar refractivity (Wildman–Crippen MR) is 59.6 cm³/mol. The fourth-order valence-corrected chi connectivity index (χ4v) is 1.05. The number of aliphatic hydroxyl groups excluding tert-OH is 1. The number of carbonyl (C=O) groups excluding carboxylic acids is 1. The van der Waals surface area contributed by atoms with Gasteiger partial charge in [0.1, 0.15) is 0 Å². The van der Waals surface area contributed by atoms with Gasteiger partial charge in [0.2, 0.25) is 5.91 Å². The number of hydrogen-bond donors (Lipinski definition) is 2. The molecule has 1 unspecified atom stereocenters. The van der Waals surface area contributed by atoms with Crippen LogP contribution in [0.25, 0.3) is 0 Å². The molecular weight excluding hydrogens is 194 g/mol. The first-order valence-electron chi connectivity index (χ1n) is 5.58. The Morgan fingerprint density at radius 3 is 2.60 bits per heavy atom. The summed E-state index contributed by atoms with van der Waals surface area (Å²) in [5.41, 5.74) is 0. The molecule has 0 saturated carbocycles. The lowest BCUT2D eigenvalue weighted by molar-refractivity contribution is -0.121. The van der Waals surface area contributed by atoms with Crippen LogP contribution >= 0.6 is 0 Å². The van der Waals surface area contributed by atoms with Gasteiger partial charge in [-0.25, -0.2) is 0 Å². The van der Waals surface area contributed by atoms with Gasteiger partial charge in [0.05, 0.1) is 12.2 Å². The molecule has 0 radical (unpaired) electrons. The van der Waals surface area contributed by atoms with Crippen LogP contribution in [0.5, 0.6) is 0 Å². The average molecular weight is 217 g/mol. The molecule has 0 aliphatic heterocycles. The molecule has 15 heavy (non-hydrogen) atoms. The quantitative estimate of drug-likeness (QED) is 0.598. The Morgan fingerprint density at radius 1 is 1.40 bits per heavy atom. The van der Waals surface area contributed by atoms with Crippen molar-refractivity contribution in [1.29, 1.82) is 0 Å². The number of aliphatic hydroxyl groups is 1. The number of nitrogens with one attached hydrogen (secondary N) is 1. The molecule has 0 aromatic carbocycles. The van der Waals surface area contributed by atoms with E-state index in [-0.39, 0.29) is 12.0 Å². The highest BCUT2D eigenvalue weighted by atomic mass is 16.5. The van der Waals surface area contributed by atoms with Crippen LogP contribution in [0.15, 0.2) is 0 Å². The third kappa shape index (κ3) is 11.3. The van der Waals surface area contributed by atoms with Gasteiger partial charge in [0.25, 0.3) is 0 Å². The second-order valence-corrected chi connectivity index (χ2v) is 4.01. The van der Waals surface area contributed by atoms with E-state index in [1.807, 2.05) is 13.8 Å². The molecule has 0 spiro atoms. The van der Waals surface area contributed by atoms with E-state index in [0.717, 1.165) is 6.42 Å². The van der Waals surface area contributed by atoms with Crippen LogP contribution in [0, 0.1) is 0 Å². The molecular formula is C11H23NO3. The second kappa shape index (κ2) is 8.68. The Kier molecular flexibility index (Phi) is 8.33. The van der Waals surface area contributed by atoms with Gasteiger partial charge < -0.3 is 15.2 Å². The molecule has 0 rings (SSSR count). The summed E-state index contributed by atoms with van der Waals surface area (Å²) >= 11 is 0. The second-order valence-electron chi connectivity index (χ2n) is 4.01. The maximum Gasteiger partial charge on any atom is 0.220 e. The van der Waals surface area contributed by atoms with Crippen molar-refractivity contribution in [2.24, 2.45) is 0 Å². The van der Waals surface area contributed by atoms with Crippen molar-refractivity contribution in [2.75, 3.05) is 13.2 Å². The van der Waals surface area contributed by atoms with Crippen molar-refractivity contribution in [2.45, 2.75) is 52.2 Å². The van der Waals surface area contributed by atoms with E-state index in [9.17, 15) is 4.79 Å². The molecule has 2 N–H and O–H groups in total. The fourth-order valence-electron chi connectivity index (χ4n) is 1.05. The standard InChI is InChI=1S/C11H23NO3/c1-9(2)15-8-4-7-12-11(14)6-5-10(3)13/h9-10,13H,4-8H2,1-3H3,(H,12,14). The van der Waals surface area contributed by atoms with Gasteiger partial charge in [-0.3, -0.25) is 4.79 Å². The van der Waals surface area contributed by atoms with Gasteiger partial charge in [0.15, 0.2) is 0 Å². The summed E-state index contributed by atoms with van der Waals surface area (Å²) in [5.74, 6) is 0.000414. The molecule has 4 nitrogen and oxygen atoms in total. The number of hydrogen-bond acceptors (Lipinski definition) is 3. The van der Waals surface area contributed by atoms with Crippen molar-refractivity contribution in [1.82, 2.24) is 5.32 Å². The molecule has 0 aromatic heterocycles. The molecule has 1 atom stereocenters. The minimum Gasteiger partial charge on any atom is -0.393 e. The van der Waals surface area contributed by atoms with Crippen molar-refractivity contribution < 1.29 is 14.6 Å². The summed E-state index contributed by atoms with van der Waals surface area (Å²) in [6, 6.07) is 0. The zero-order valence-corrected chi connectivity index (χ0v) is 9.95. The summed E-state index contributed by atoms with van der Waals surface area (Å²) in [6.45, 7) is 6.98. The topological polar surface area (TPSA) is 58.6 Å². The zero-order valence-electron chi connectivity index (χ0n) is 9.95. The smallest absolute Gasteiger partial charge is 0.220 e. The summed E-state index contributed by atoms with van der Waals surface area (Å²) in [4.78, 5) is 11.2. The van der Waals surface area contributed by atoms with Crippen LogP contribution in [0.3, 0.4) is 0 Å². The SMILES string of the molecule is CC(O)CCC(=O)NCCCOC(C)C. The number of carbonyl (C=O) groups is 1. The normalized spacial score (nSPS) is 12.9. The lowest BCUT2D eigenvalue weighted by atomic mass is 10.2. The van der Waals surface area contributed by atoms with Crippen molar-refractivity contribution in [3.63, 3.8) is 0 Å². The molecule has 4 heteroatoms. The van der Waals surface area contributed by atoms with Gasteiger partial charge in [-0.05, 0) is 33.6 Å². The first-order chi connectivity index (χ1) is 7.02. The van der Waals surface area contributed by atoms with Gasteiger partial charge in [0, 0.05) is 19.6 Å². The molecule has 90 valence electrons. The summed E-state index contributed by atoms with van der Waals surface area (Å²) < 4.78 is 5.33. The van der Waals surface area contributed by atoms with Crippen molar-refractivity contribution in [3.05, 3.63) is 0 Å². The van der Waals surface area contributed by atoms with Crippen LogP contribution in [-0.4, -0.2) is 36.4 Å². The first-order valence-corrected chi connectivity index (χ1v) is 5.58. The Morgan fingerprint density at radius 2 is 2.07 bits per heavy atom. The van der Waals surface area contributed by atoms with E-state index < -0.39 is 6.10 Å². The predicted octanol–water partition coefficient (Wildman–Crippen LogP) is 1.08. The van der Waals surface area contributed by atoms with Gasteiger partial charge >= 0.3 is 0 Å². The average Bonchev–Trinajstić information content (AvgIpc) is 2.13. The largest absolute Gasteiger partial charge is 0.393 e. The Hall–Kier alpha value is -0.610. The lowest BCUT2D eigenvalue weighted by Crippen LogP contribution is -2.26. The van der Waals surface area contributed by atoms with Crippen LogP contribution in [0.2, 0.25) is 0 Å². The molecule has 0 aliphatic rings. The molecule has 0 aromatic rings. The highest BCUT2D eigenvalue weighted by molar-refractivity contribution is 5.75. The third-order valence-electron chi connectivity index (χ3n) is 1.88. The Balaban J connectivity index is 3.24. The maximum atomic E-state index is 11.2. The minimum absolute atomic E-state index is 0.000414. The van der Waals surface area contributed by atoms with E-state index in [0.29, 0.717) is 26.0 Å². The number of rotatable bonds is 8. The number of ether oxygens (including phenoxy) is 1. The van der Waals surface area contributed by atoms with E-state index in [2.05, 4.69) is 5.32 Å². The van der Waals surface area contributed by atoms with E-state index in [1.165, 1.54) is 0 Å². The van der Waals surface area contributed by atoms with Crippen molar-refractivity contribution >= 4 is 5.91 Å². The molecule has 1 amide bonds. The van der Waals surface area contributed by atoms with E-state index in [1.54, 1.807) is 6.92 Å². The maximum absolute atomic E-state index is 11.2. The van der Waals surface area contributed by atoms with Gasteiger partial charge in [-0.2, -0.15) is 0 Å².